The van der Waals surface area contributed by atoms with Crippen LogP contribution in [-0.2, 0) is 9.59 Å². The van der Waals surface area contributed by atoms with Gasteiger partial charge in [-0.1, -0.05) is 13.8 Å². The number of hydrogen-bond donors (Lipinski definition) is 1. The van der Waals surface area contributed by atoms with Gasteiger partial charge in [0.1, 0.15) is 0 Å². The predicted molar refractivity (Wildman–Crippen MR) is 79.9 cm³/mol. The second-order valence-corrected chi connectivity index (χ2v) is 7.83. The molecule has 1 N–H and O–H groups in total. The predicted octanol–water partition coefficient (Wildman–Crippen LogP) is 1.14. The number of amides is 1. The van der Waals surface area contributed by atoms with E-state index in [9.17, 15) is 9.59 Å². The number of hydrogen-bond acceptors (Lipinski definition) is 4. The first-order valence-corrected chi connectivity index (χ1v) is 8.28. The maximum absolute atomic E-state index is 12.3. The van der Waals surface area contributed by atoms with Gasteiger partial charge in [0.05, 0.1) is 12.5 Å². The molecule has 0 aliphatic carbocycles. The van der Waals surface area contributed by atoms with Crippen LogP contribution in [0.5, 0.6) is 0 Å². The Bertz CT molecular complexity index is 359. The molecule has 6 heteroatoms. The van der Waals surface area contributed by atoms with E-state index >= 15 is 0 Å². The van der Waals surface area contributed by atoms with Gasteiger partial charge in [-0.3, -0.25) is 14.5 Å². The Kier molecular flexibility index (Phi) is 5.32. The third-order valence-corrected chi connectivity index (χ3v) is 5.28. The highest BCUT2D eigenvalue weighted by Crippen LogP contribution is 2.25. The number of piperidine rings is 1. The molecule has 2 aliphatic heterocycles. The van der Waals surface area contributed by atoms with Crippen molar-refractivity contribution >= 4 is 23.6 Å². The van der Waals surface area contributed by atoms with Gasteiger partial charge < -0.3 is 10.0 Å². The van der Waals surface area contributed by atoms with Crippen LogP contribution < -0.4 is 0 Å². The van der Waals surface area contributed by atoms with Crippen molar-refractivity contribution in [3.8, 4) is 0 Å². The first kappa shape index (κ1) is 15.6. The lowest BCUT2D eigenvalue weighted by Gasteiger charge is -2.36. The summed E-state index contributed by atoms with van der Waals surface area (Å²) in [5, 5.41) is 10.1. The fourth-order valence-electron chi connectivity index (χ4n) is 3.08. The number of carboxylic acids is 1. The van der Waals surface area contributed by atoms with E-state index < -0.39 is 5.97 Å². The van der Waals surface area contributed by atoms with Crippen molar-refractivity contribution in [2.24, 2.45) is 5.92 Å². The summed E-state index contributed by atoms with van der Waals surface area (Å²) in [6.45, 7) is 7.99. The van der Waals surface area contributed by atoms with Gasteiger partial charge in [0.15, 0.2) is 0 Å². The number of rotatable bonds is 3. The maximum atomic E-state index is 12.3. The molecule has 2 unspecified atom stereocenters. The molecule has 0 radical (unpaired) electrons. The molecule has 0 saturated carbocycles. The largest absolute Gasteiger partial charge is 0.481 e. The van der Waals surface area contributed by atoms with E-state index in [0.717, 1.165) is 13.1 Å². The smallest absolute Gasteiger partial charge is 0.306 e. The van der Waals surface area contributed by atoms with Gasteiger partial charge in [-0.15, -0.1) is 0 Å². The molecule has 2 rings (SSSR count). The van der Waals surface area contributed by atoms with Crippen molar-refractivity contribution < 1.29 is 14.7 Å². The van der Waals surface area contributed by atoms with E-state index in [4.69, 9.17) is 5.11 Å². The van der Waals surface area contributed by atoms with Gasteiger partial charge >= 0.3 is 5.97 Å². The molecule has 2 fully saturated rings. The molecule has 2 aliphatic rings. The second-order valence-electron chi connectivity index (χ2n) is 5.94. The summed E-state index contributed by atoms with van der Waals surface area (Å²) < 4.78 is 0. The summed E-state index contributed by atoms with van der Waals surface area (Å²) in [6, 6.07) is 0. The molecule has 114 valence electrons. The highest BCUT2D eigenvalue weighted by Gasteiger charge is 2.29. The summed E-state index contributed by atoms with van der Waals surface area (Å²) in [4.78, 5) is 27.3. The van der Waals surface area contributed by atoms with E-state index in [-0.39, 0.29) is 11.8 Å². The number of carboxylic acid groups (broad SMARTS) is 1. The standard InChI is InChI=1S/C14H24N2O3S/c1-10-7-15(8-11(2)20-10)9-13(17)16-5-3-12(4-6-16)14(18)19/h10-12H,3-9H2,1-2H3,(H,18,19). The summed E-state index contributed by atoms with van der Waals surface area (Å²) in [5.41, 5.74) is 0. The maximum Gasteiger partial charge on any atom is 0.306 e. The van der Waals surface area contributed by atoms with Crippen molar-refractivity contribution in [1.29, 1.82) is 0 Å². The summed E-state index contributed by atoms with van der Waals surface area (Å²) in [7, 11) is 0. The molecule has 2 saturated heterocycles. The van der Waals surface area contributed by atoms with Crippen molar-refractivity contribution in [3.05, 3.63) is 0 Å². The number of aliphatic carboxylic acids is 1. The van der Waals surface area contributed by atoms with Crippen LogP contribution in [0.1, 0.15) is 26.7 Å². The Morgan fingerprint density at radius 3 is 2.20 bits per heavy atom. The third-order valence-electron chi connectivity index (χ3n) is 4.05. The quantitative estimate of drug-likeness (QED) is 0.847. The summed E-state index contributed by atoms with van der Waals surface area (Å²) in [6.07, 6.45) is 1.17. The number of likely N-dealkylation sites (tertiary alicyclic amines) is 1. The van der Waals surface area contributed by atoms with Crippen LogP contribution in [0.4, 0.5) is 0 Å². The van der Waals surface area contributed by atoms with E-state index in [1.165, 1.54) is 0 Å². The van der Waals surface area contributed by atoms with Crippen LogP contribution in [0.3, 0.4) is 0 Å². The molecular formula is C14H24N2O3S. The van der Waals surface area contributed by atoms with E-state index in [2.05, 4.69) is 18.7 Å². The lowest BCUT2D eigenvalue weighted by Crippen LogP contribution is -2.48. The van der Waals surface area contributed by atoms with Crippen LogP contribution in [0, 0.1) is 5.92 Å². The first-order valence-electron chi connectivity index (χ1n) is 7.34. The highest BCUT2D eigenvalue weighted by molar-refractivity contribution is 8.00. The van der Waals surface area contributed by atoms with Crippen molar-refractivity contribution in [3.63, 3.8) is 0 Å². The molecule has 1 amide bonds. The lowest BCUT2D eigenvalue weighted by atomic mass is 9.97. The fourth-order valence-corrected chi connectivity index (χ4v) is 4.47. The highest BCUT2D eigenvalue weighted by atomic mass is 32.2. The molecule has 20 heavy (non-hydrogen) atoms. The van der Waals surface area contributed by atoms with Gasteiger partial charge in [-0.25, -0.2) is 0 Å². The Balaban J connectivity index is 1.79. The van der Waals surface area contributed by atoms with Gasteiger partial charge in [0.25, 0.3) is 0 Å². The Morgan fingerprint density at radius 1 is 1.15 bits per heavy atom. The minimum Gasteiger partial charge on any atom is -0.481 e. The van der Waals surface area contributed by atoms with Gasteiger partial charge in [-0.2, -0.15) is 11.8 Å². The first-order chi connectivity index (χ1) is 9.45. The number of carbonyl (C=O) groups excluding carboxylic acids is 1. The average Bonchev–Trinajstić information content (AvgIpc) is 2.37. The fraction of sp³-hybridized carbons (Fsp3) is 0.857. The zero-order chi connectivity index (χ0) is 14.7. The van der Waals surface area contributed by atoms with Crippen molar-refractivity contribution in [1.82, 2.24) is 9.80 Å². The third kappa shape index (κ3) is 4.12. The van der Waals surface area contributed by atoms with Gasteiger partial charge in [0.2, 0.25) is 5.91 Å². The monoisotopic (exact) mass is 300 g/mol. The van der Waals surface area contributed by atoms with Crippen LogP contribution in [0.2, 0.25) is 0 Å². The zero-order valence-corrected chi connectivity index (χ0v) is 13.1. The van der Waals surface area contributed by atoms with Crippen LogP contribution >= 0.6 is 11.8 Å². The second kappa shape index (κ2) is 6.80. The summed E-state index contributed by atoms with van der Waals surface area (Å²) in [5.74, 6) is -0.849. The Hall–Kier alpha value is -0.750. The molecule has 5 nitrogen and oxygen atoms in total. The van der Waals surface area contributed by atoms with E-state index in [1.54, 1.807) is 0 Å². The minimum absolute atomic E-state index is 0.153. The number of nitrogens with zero attached hydrogens (tertiary/aromatic N) is 2. The number of carbonyl (C=O) groups is 2. The van der Waals surface area contributed by atoms with Gasteiger partial charge in [-0.05, 0) is 12.8 Å². The van der Waals surface area contributed by atoms with Crippen LogP contribution in [0.25, 0.3) is 0 Å². The van der Waals surface area contributed by atoms with Crippen molar-refractivity contribution in [2.75, 3.05) is 32.7 Å². The molecule has 0 aromatic rings. The number of thioether (sulfide) groups is 1. The average molecular weight is 300 g/mol. The van der Waals surface area contributed by atoms with Crippen LogP contribution in [0.15, 0.2) is 0 Å². The van der Waals surface area contributed by atoms with E-state index in [0.29, 0.717) is 43.0 Å². The molecule has 0 spiro atoms. The normalized spacial score (nSPS) is 29.4. The molecule has 0 bridgehead atoms. The SMILES string of the molecule is CC1CN(CC(=O)N2CCC(C(=O)O)CC2)CC(C)S1. The Labute approximate surface area is 124 Å². The van der Waals surface area contributed by atoms with E-state index in [1.807, 2.05) is 16.7 Å². The van der Waals surface area contributed by atoms with Crippen LogP contribution in [-0.4, -0.2) is 70.0 Å². The summed E-state index contributed by atoms with van der Waals surface area (Å²) >= 11 is 1.98. The topological polar surface area (TPSA) is 60.9 Å². The molecular weight excluding hydrogens is 276 g/mol. The lowest BCUT2D eigenvalue weighted by molar-refractivity contribution is -0.146. The molecule has 0 aromatic heterocycles. The minimum atomic E-state index is -0.729. The molecule has 2 atom stereocenters. The Morgan fingerprint density at radius 2 is 1.70 bits per heavy atom. The molecule has 0 aromatic carbocycles. The zero-order valence-electron chi connectivity index (χ0n) is 12.2. The van der Waals surface area contributed by atoms with Crippen molar-refractivity contribution in [2.45, 2.75) is 37.2 Å². The van der Waals surface area contributed by atoms with Gasteiger partial charge in [0, 0.05) is 36.7 Å². The molecule has 2 heterocycles.